The third-order valence-electron chi connectivity index (χ3n) is 5.43. The van der Waals surface area contributed by atoms with Gasteiger partial charge in [-0.2, -0.15) is 5.10 Å². The van der Waals surface area contributed by atoms with E-state index in [1.54, 1.807) is 19.4 Å². The first-order chi connectivity index (χ1) is 11.8. The van der Waals surface area contributed by atoms with E-state index in [-0.39, 0.29) is 10.8 Å². The average molecular weight is 362 g/mol. The van der Waals surface area contributed by atoms with Gasteiger partial charge in [0, 0.05) is 25.2 Å². The lowest BCUT2D eigenvalue weighted by molar-refractivity contribution is -0.220. The minimum atomic E-state index is -3.10. The molecule has 0 amide bonds. The molecule has 2 heterocycles. The van der Waals surface area contributed by atoms with Gasteiger partial charge in [0.1, 0.15) is 5.75 Å². The SMILES string of the molecule is CN(C[C@]12C[C@@](COc3ccc(-c4ccn[nH]4)nc3)(C1)C2)S(C)(=O)=O. The molecular formula is C17H22N4O3S. The Morgan fingerprint density at radius 3 is 2.56 bits per heavy atom. The number of aromatic nitrogens is 3. The Morgan fingerprint density at radius 1 is 1.24 bits per heavy atom. The molecular weight excluding hydrogens is 340 g/mol. The fraction of sp³-hybridized carbons (Fsp3) is 0.529. The largest absolute Gasteiger partial charge is 0.491 e. The maximum atomic E-state index is 11.6. The van der Waals surface area contributed by atoms with Crippen LogP contribution in [-0.2, 0) is 10.0 Å². The van der Waals surface area contributed by atoms with Crippen molar-refractivity contribution in [2.75, 3.05) is 26.5 Å². The molecule has 3 fully saturated rings. The van der Waals surface area contributed by atoms with Crippen molar-refractivity contribution in [3.05, 3.63) is 30.6 Å². The number of hydrogen-bond acceptors (Lipinski definition) is 5. The van der Waals surface area contributed by atoms with Crippen LogP contribution < -0.4 is 4.74 Å². The van der Waals surface area contributed by atoms with Gasteiger partial charge >= 0.3 is 0 Å². The van der Waals surface area contributed by atoms with Gasteiger partial charge in [-0.15, -0.1) is 0 Å². The summed E-state index contributed by atoms with van der Waals surface area (Å²) in [6.07, 6.45) is 7.81. The van der Waals surface area contributed by atoms with Crippen molar-refractivity contribution in [3.8, 4) is 17.1 Å². The summed E-state index contributed by atoms with van der Waals surface area (Å²) in [4.78, 5) is 4.39. The van der Waals surface area contributed by atoms with Crippen LogP contribution in [0.4, 0.5) is 0 Å². The summed E-state index contributed by atoms with van der Waals surface area (Å²) in [5.41, 5.74) is 2.10. The zero-order valence-electron chi connectivity index (χ0n) is 14.4. The highest BCUT2D eigenvalue weighted by molar-refractivity contribution is 7.88. The second-order valence-corrected chi connectivity index (χ2v) is 9.78. The van der Waals surface area contributed by atoms with Crippen molar-refractivity contribution in [2.45, 2.75) is 19.3 Å². The Balaban J connectivity index is 1.29. The van der Waals surface area contributed by atoms with Gasteiger partial charge in [-0.1, -0.05) is 0 Å². The molecule has 2 aromatic heterocycles. The van der Waals surface area contributed by atoms with Crippen LogP contribution in [0.2, 0.25) is 0 Å². The second-order valence-electron chi connectivity index (χ2n) is 7.69. The Morgan fingerprint density at radius 2 is 2.00 bits per heavy atom. The summed E-state index contributed by atoms with van der Waals surface area (Å²) in [5.74, 6) is 0.760. The monoisotopic (exact) mass is 362 g/mol. The zero-order chi connectivity index (χ0) is 17.7. The Kier molecular flexibility index (Phi) is 3.66. The van der Waals surface area contributed by atoms with Gasteiger partial charge < -0.3 is 4.74 Å². The highest BCUT2D eigenvalue weighted by Crippen LogP contribution is 2.73. The molecule has 3 aliphatic rings. The third-order valence-corrected chi connectivity index (χ3v) is 6.69. The van der Waals surface area contributed by atoms with Crippen LogP contribution in [0.5, 0.6) is 5.75 Å². The molecule has 2 bridgehead atoms. The molecule has 0 atom stereocenters. The predicted octanol–water partition coefficient (Wildman–Crippen LogP) is 1.91. The topological polar surface area (TPSA) is 88.2 Å². The lowest BCUT2D eigenvalue weighted by Gasteiger charge is -2.71. The van der Waals surface area contributed by atoms with E-state index in [0.717, 1.165) is 36.4 Å². The average Bonchev–Trinajstić information content (AvgIpc) is 3.02. The number of pyridine rings is 1. The number of nitrogens with one attached hydrogen (secondary N) is 1. The predicted molar refractivity (Wildman–Crippen MR) is 93.5 cm³/mol. The maximum absolute atomic E-state index is 11.6. The first-order valence-corrected chi connectivity index (χ1v) is 10.1. The van der Waals surface area contributed by atoms with E-state index in [9.17, 15) is 8.42 Å². The molecule has 3 saturated carbocycles. The van der Waals surface area contributed by atoms with Crippen molar-refractivity contribution >= 4 is 10.0 Å². The molecule has 3 aliphatic carbocycles. The standard InChI is InChI=1S/C17H22N4O3S/c1-21(25(2,22)23)11-16-8-17(9-16,10-16)12-24-13-3-4-14(18-7-13)15-5-6-19-20-15/h3-7H,8-12H2,1-2H3,(H,19,20)/t16-,17-. The van der Waals surface area contributed by atoms with Gasteiger partial charge in [-0.25, -0.2) is 12.7 Å². The highest BCUT2D eigenvalue weighted by atomic mass is 32.2. The number of sulfonamides is 1. The Bertz CT molecular complexity index is 842. The van der Waals surface area contributed by atoms with E-state index in [4.69, 9.17) is 4.74 Å². The smallest absolute Gasteiger partial charge is 0.210 e. The van der Waals surface area contributed by atoms with Crippen LogP contribution in [0.25, 0.3) is 11.4 Å². The van der Waals surface area contributed by atoms with E-state index in [1.807, 2.05) is 18.2 Å². The van der Waals surface area contributed by atoms with Crippen LogP contribution in [0, 0.1) is 10.8 Å². The number of rotatable bonds is 7. The van der Waals surface area contributed by atoms with Crippen LogP contribution in [0.15, 0.2) is 30.6 Å². The maximum Gasteiger partial charge on any atom is 0.210 e. The quantitative estimate of drug-likeness (QED) is 0.813. The minimum Gasteiger partial charge on any atom is -0.491 e. The van der Waals surface area contributed by atoms with E-state index >= 15 is 0 Å². The van der Waals surface area contributed by atoms with Gasteiger partial charge in [-0.3, -0.25) is 10.1 Å². The summed E-state index contributed by atoms with van der Waals surface area (Å²) in [6, 6.07) is 5.70. The van der Waals surface area contributed by atoms with E-state index in [1.165, 1.54) is 10.6 Å². The molecule has 134 valence electrons. The summed E-state index contributed by atoms with van der Waals surface area (Å²) in [6.45, 7) is 1.29. The molecule has 25 heavy (non-hydrogen) atoms. The Hall–Kier alpha value is -1.93. The molecule has 0 spiro atoms. The number of hydrogen-bond donors (Lipinski definition) is 1. The summed E-state index contributed by atoms with van der Waals surface area (Å²) in [5, 5.41) is 6.80. The minimum absolute atomic E-state index is 0.171. The van der Waals surface area contributed by atoms with E-state index in [2.05, 4.69) is 15.2 Å². The summed E-state index contributed by atoms with van der Waals surface area (Å²) in [7, 11) is -1.44. The van der Waals surface area contributed by atoms with Crippen molar-refractivity contribution < 1.29 is 13.2 Å². The molecule has 0 saturated heterocycles. The molecule has 5 rings (SSSR count). The van der Waals surface area contributed by atoms with Gasteiger partial charge in [0.15, 0.2) is 0 Å². The lowest BCUT2D eigenvalue weighted by Crippen LogP contribution is -2.67. The fourth-order valence-corrected chi connectivity index (χ4v) is 4.91. The molecule has 0 aromatic carbocycles. The summed E-state index contributed by atoms with van der Waals surface area (Å²) < 4.78 is 30.5. The molecule has 2 aromatic rings. The fourth-order valence-electron chi connectivity index (χ4n) is 4.40. The number of ether oxygens (including phenoxy) is 1. The van der Waals surface area contributed by atoms with Crippen molar-refractivity contribution in [1.29, 1.82) is 0 Å². The van der Waals surface area contributed by atoms with Crippen LogP contribution >= 0.6 is 0 Å². The molecule has 8 heteroatoms. The zero-order valence-corrected chi connectivity index (χ0v) is 15.2. The Labute approximate surface area is 147 Å². The molecule has 0 radical (unpaired) electrons. The number of nitrogens with zero attached hydrogens (tertiary/aromatic N) is 3. The molecule has 0 aliphatic heterocycles. The first-order valence-electron chi connectivity index (χ1n) is 8.29. The second kappa shape index (κ2) is 5.54. The lowest BCUT2D eigenvalue weighted by atomic mass is 9.35. The molecule has 7 nitrogen and oxygen atoms in total. The van der Waals surface area contributed by atoms with Gasteiger partial charge in [0.25, 0.3) is 0 Å². The molecule has 0 unspecified atom stereocenters. The van der Waals surface area contributed by atoms with Crippen LogP contribution in [0.1, 0.15) is 19.3 Å². The van der Waals surface area contributed by atoms with Crippen molar-refractivity contribution in [3.63, 3.8) is 0 Å². The number of aromatic amines is 1. The van der Waals surface area contributed by atoms with Gasteiger partial charge in [-0.05, 0) is 42.9 Å². The van der Waals surface area contributed by atoms with Crippen molar-refractivity contribution in [2.24, 2.45) is 10.8 Å². The normalized spacial score (nSPS) is 27.6. The van der Waals surface area contributed by atoms with E-state index in [0.29, 0.717) is 13.2 Å². The van der Waals surface area contributed by atoms with Crippen LogP contribution in [-0.4, -0.2) is 54.4 Å². The van der Waals surface area contributed by atoms with Gasteiger partial charge in [0.2, 0.25) is 10.0 Å². The highest BCUT2D eigenvalue weighted by Gasteiger charge is 2.68. The first kappa shape index (κ1) is 16.5. The number of H-pyrrole nitrogens is 1. The molecule has 1 N–H and O–H groups in total. The third kappa shape index (κ3) is 3.04. The van der Waals surface area contributed by atoms with Gasteiger partial charge in [0.05, 0.1) is 30.4 Å². The van der Waals surface area contributed by atoms with Crippen LogP contribution in [0.3, 0.4) is 0 Å². The van der Waals surface area contributed by atoms with E-state index < -0.39 is 10.0 Å². The van der Waals surface area contributed by atoms with Crippen molar-refractivity contribution in [1.82, 2.24) is 19.5 Å². The summed E-state index contributed by atoms with van der Waals surface area (Å²) >= 11 is 0.